The molecule has 27 heavy (non-hydrogen) atoms. The zero-order valence-electron chi connectivity index (χ0n) is 14.2. The van der Waals surface area contributed by atoms with Gasteiger partial charge in [0.1, 0.15) is 0 Å². The number of piperidine rings is 1. The number of likely N-dealkylation sites (tertiary alicyclic amines) is 1. The van der Waals surface area contributed by atoms with Gasteiger partial charge in [0.15, 0.2) is 17.5 Å². The Hall–Kier alpha value is -2.55. The van der Waals surface area contributed by atoms with Gasteiger partial charge in [-0.3, -0.25) is 9.52 Å². The molecular formula is C18H17F3N2O3S. The maximum absolute atomic E-state index is 13.7. The van der Waals surface area contributed by atoms with Crippen molar-refractivity contribution in [3.05, 3.63) is 59.4 Å². The number of hydrogen-bond acceptors (Lipinski definition) is 3. The Kier molecular flexibility index (Phi) is 5.41. The minimum atomic E-state index is -4.24. The normalized spacial score (nSPS) is 14.9. The molecular weight excluding hydrogens is 381 g/mol. The number of rotatable bonds is 4. The van der Waals surface area contributed by atoms with Crippen molar-refractivity contribution in [3.63, 3.8) is 0 Å². The summed E-state index contributed by atoms with van der Waals surface area (Å²) in [6.45, 7) is 1.33. The van der Waals surface area contributed by atoms with Crippen LogP contribution in [0.25, 0.3) is 0 Å². The lowest BCUT2D eigenvalue weighted by Crippen LogP contribution is -2.35. The Balaban J connectivity index is 1.79. The molecule has 0 unspecified atom stereocenters. The van der Waals surface area contributed by atoms with Crippen molar-refractivity contribution >= 4 is 21.6 Å². The van der Waals surface area contributed by atoms with Gasteiger partial charge in [0.05, 0.1) is 10.6 Å². The fraction of sp³-hybridized carbons (Fsp3) is 0.278. The van der Waals surface area contributed by atoms with Crippen LogP contribution >= 0.6 is 0 Å². The molecule has 144 valence electrons. The van der Waals surface area contributed by atoms with E-state index in [1.54, 1.807) is 4.90 Å². The van der Waals surface area contributed by atoms with E-state index in [9.17, 15) is 26.4 Å². The third kappa shape index (κ3) is 4.08. The highest BCUT2D eigenvalue weighted by Gasteiger charge is 2.22. The Bertz CT molecular complexity index is 957. The first kappa shape index (κ1) is 19.2. The molecule has 3 rings (SSSR count). The summed E-state index contributed by atoms with van der Waals surface area (Å²) in [4.78, 5) is 13.9. The maximum atomic E-state index is 13.7. The molecule has 0 bridgehead atoms. The first-order valence-corrected chi connectivity index (χ1v) is 9.83. The predicted molar refractivity (Wildman–Crippen MR) is 93.3 cm³/mol. The molecule has 0 saturated carbocycles. The molecule has 5 nitrogen and oxygen atoms in total. The zero-order valence-corrected chi connectivity index (χ0v) is 15.0. The molecule has 1 aliphatic heterocycles. The van der Waals surface area contributed by atoms with E-state index in [1.165, 1.54) is 24.3 Å². The van der Waals surface area contributed by atoms with Crippen molar-refractivity contribution in [2.24, 2.45) is 0 Å². The number of anilines is 1. The van der Waals surface area contributed by atoms with Crippen LogP contribution in [-0.4, -0.2) is 32.3 Å². The third-order valence-corrected chi connectivity index (χ3v) is 5.72. The number of hydrogen-bond donors (Lipinski definition) is 1. The quantitative estimate of drug-likeness (QED) is 0.802. The molecule has 1 saturated heterocycles. The standard InChI is InChI=1S/C18H17F3N2O3S/c19-14-8-9-15(17(21)16(14)20)22-27(25,26)13-6-4-12(5-7-13)18(24)23-10-2-1-3-11-23/h4-9,22H,1-3,10-11H2. The van der Waals surface area contributed by atoms with E-state index in [4.69, 9.17) is 0 Å². The number of nitrogens with zero attached hydrogens (tertiary/aromatic N) is 1. The molecule has 2 aromatic carbocycles. The number of benzene rings is 2. The molecule has 1 amide bonds. The van der Waals surface area contributed by atoms with Crippen molar-refractivity contribution in [1.82, 2.24) is 4.90 Å². The zero-order chi connectivity index (χ0) is 19.6. The number of nitrogens with one attached hydrogen (secondary N) is 1. The van der Waals surface area contributed by atoms with Crippen LogP contribution in [0.2, 0.25) is 0 Å². The average Bonchev–Trinajstić information content (AvgIpc) is 2.68. The number of sulfonamides is 1. The molecule has 0 radical (unpaired) electrons. The summed E-state index contributed by atoms with van der Waals surface area (Å²) in [6, 6.07) is 6.56. The van der Waals surface area contributed by atoms with Gasteiger partial charge in [0, 0.05) is 18.7 Å². The number of carbonyl (C=O) groups excluding carboxylic acids is 1. The summed E-state index contributed by atoms with van der Waals surface area (Å²) in [6.07, 6.45) is 2.94. The van der Waals surface area contributed by atoms with Crippen LogP contribution < -0.4 is 4.72 Å². The molecule has 1 heterocycles. The lowest BCUT2D eigenvalue weighted by molar-refractivity contribution is 0.0724. The van der Waals surface area contributed by atoms with Crippen molar-refractivity contribution in [2.75, 3.05) is 17.8 Å². The first-order valence-electron chi connectivity index (χ1n) is 8.35. The summed E-state index contributed by atoms with van der Waals surface area (Å²) in [5.41, 5.74) is -0.364. The van der Waals surface area contributed by atoms with Crippen LogP contribution in [0.5, 0.6) is 0 Å². The predicted octanol–water partition coefficient (Wildman–Crippen LogP) is 3.53. The van der Waals surface area contributed by atoms with Gasteiger partial charge in [-0.05, 0) is 55.7 Å². The summed E-state index contributed by atoms with van der Waals surface area (Å²) in [5.74, 6) is -5.00. The average molecular weight is 398 g/mol. The van der Waals surface area contributed by atoms with Gasteiger partial charge in [-0.2, -0.15) is 0 Å². The van der Waals surface area contributed by atoms with Gasteiger partial charge in [-0.15, -0.1) is 0 Å². The highest BCUT2D eigenvalue weighted by molar-refractivity contribution is 7.92. The molecule has 0 aliphatic carbocycles. The number of amides is 1. The summed E-state index contributed by atoms with van der Waals surface area (Å²) >= 11 is 0. The van der Waals surface area contributed by atoms with E-state index in [-0.39, 0.29) is 10.8 Å². The van der Waals surface area contributed by atoms with Gasteiger partial charge in [-0.25, -0.2) is 21.6 Å². The van der Waals surface area contributed by atoms with Crippen molar-refractivity contribution in [1.29, 1.82) is 0 Å². The SMILES string of the molecule is O=C(c1ccc(S(=O)(=O)Nc2ccc(F)c(F)c2F)cc1)N1CCCCC1. The van der Waals surface area contributed by atoms with Gasteiger partial charge in [0.25, 0.3) is 15.9 Å². The smallest absolute Gasteiger partial charge is 0.261 e. The van der Waals surface area contributed by atoms with Crippen LogP contribution in [0, 0.1) is 17.5 Å². The van der Waals surface area contributed by atoms with Crippen molar-refractivity contribution < 1.29 is 26.4 Å². The highest BCUT2D eigenvalue weighted by Crippen LogP contribution is 2.23. The monoisotopic (exact) mass is 398 g/mol. The molecule has 2 aromatic rings. The number of halogens is 3. The second-order valence-electron chi connectivity index (χ2n) is 6.21. The summed E-state index contributed by atoms with van der Waals surface area (Å²) in [7, 11) is -4.24. The lowest BCUT2D eigenvalue weighted by Gasteiger charge is -2.26. The molecule has 1 fully saturated rings. The molecule has 9 heteroatoms. The summed E-state index contributed by atoms with van der Waals surface area (Å²) in [5, 5.41) is 0. The molecule has 0 spiro atoms. The van der Waals surface area contributed by atoms with Crippen LogP contribution in [0.3, 0.4) is 0 Å². The molecule has 0 atom stereocenters. The van der Waals surface area contributed by atoms with Crippen molar-refractivity contribution in [3.8, 4) is 0 Å². The second kappa shape index (κ2) is 7.59. The van der Waals surface area contributed by atoms with E-state index in [2.05, 4.69) is 0 Å². The number of carbonyl (C=O) groups is 1. The van der Waals surface area contributed by atoms with E-state index >= 15 is 0 Å². The van der Waals surface area contributed by atoms with Crippen LogP contribution in [0.4, 0.5) is 18.9 Å². The molecule has 1 N–H and O–H groups in total. The molecule has 0 aromatic heterocycles. The highest BCUT2D eigenvalue weighted by atomic mass is 32.2. The minimum Gasteiger partial charge on any atom is -0.339 e. The van der Waals surface area contributed by atoms with Gasteiger partial charge in [0.2, 0.25) is 0 Å². The maximum Gasteiger partial charge on any atom is 0.261 e. The first-order chi connectivity index (χ1) is 12.8. The Morgan fingerprint density at radius 3 is 2.15 bits per heavy atom. The fourth-order valence-corrected chi connectivity index (χ4v) is 3.92. The molecule has 1 aliphatic rings. The third-order valence-electron chi connectivity index (χ3n) is 4.33. The Labute approximate surface area is 154 Å². The van der Waals surface area contributed by atoms with Crippen LogP contribution in [0.1, 0.15) is 29.6 Å². The summed E-state index contributed by atoms with van der Waals surface area (Å²) < 4.78 is 66.5. The van der Waals surface area contributed by atoms with Gasteiger partial charge in [-0.1, -0.05) is 0 Å². The Morgan fingerprint density at radius 2 is 1.52 bits per heavy atom. The van der Waals surface area contributed by atoms with Gasteiger partial charge < -0.3 is 4.90 Å². The van der Waals surface area contributed by atoms with E-state index < -0.39 is 33.2 Å². The van der Waals surface area contributed by atoms with Crippen molar-refractivity contribution in [2.45, 2.75) is 24.2 Å². The second-order valence-corrected chi connectivity index (χ2v) is 7.89. The van der Waals surface area contributed by atoms with Crippen LogP contribution in [0.15, 0.2) is 41.3 Å². The topological polar surface area (TPSA) is 66.5 Å². The Morgan fingerprint density at radius 1 is 0.889 bits per heavy atom. The minimum absolute atomic E-state index is 0.182. The van der Waals surface area contributed by atoms with E-state index in [1.807, 2.05) is 4.72 Å². The van der Waals surface area contributed by atoms with E-state index in [0.717, 1.165) is 25.3 Å². The van der Waals surface area contributed by atoms with E-state index in [0.29, 0.717) is 24.7 Å². The lowest BCUT2D eigenvalue weighted by atomic mass is 10.1. The van der Waals surface area contributed by atoms with Crippen LogP contribution in [-0.2, 0) is 10.0 Å². The fourth-order valence-electron chi connectivity index (χ4n) is 2.86. The van der Waals surface area contributed by atoms with Gasteiger partial charge >= 0.3 is 0 Å². The largest absolute Gasteiger partial charge is 0.339 e.